The minimum atomic E-state index is -0.729. The lowest BCUT2D eigenvalue weighted by molar-refractivity contribution is -0.151. The van der Waals surface area contributed by atoms with E-state index in [-0.39, 0.29) is 0 Å². The largest absolute Gasteiger partial charge is 0.480 e. The van der Waals surface area contributed by atoms with Gasteiger partial charge in [0.2, 0.25) is 0 Å². The van der Waals surface area contributed by atoms with E-state index in [1.54, 1.807) is 13.8 Å². The van der Waals surface area contributed by atoms with Gasteiger partial charge in [0.05, 0.1) is 0 Å². The predicted octanol–water partition coefficient (Wildman–Crippen LogP) is 0.555. The Morgan fingerprint density at radius 3 is 2.10 bits per heavy atom. The molecule has 0 unspecified atom stereocenters. The third kappa shape index (κ3) is 1.01. The van der Waals surface area contributed by atoms with Crippen LogP contribution in [0.1, 0.15) is 20.3 Å². The van der Waals surface area contributed by atoms with E-state index < -0.39 is 11.5 Å². The molecule has 0 aromatic carbocycles. The molecule has 3 heteroatoms. The van der Waals surface area contributed by atoms with Gasteiger partial charge in [0.1, 0.15) is 5.54 Å². The Bertz CT molecular complexity index is 150. The highest BCUT2D eigenvalue weighted by molar-refractivity contribution is 5.77. The van der Waals surface area contributed by atoms with E-state index in [0.717, 1.165) is 19.5 Å². The van der Waals surface area contributed by atoms with E-state index >= 15 is 0 Å². The fourth-order valence-electron chi connectivity index (χ4n) is 1.01. The Hall–Kier alpha value is -0.570. The summed E-state index contributed by atoms with van der Waals surface area (Å²) < 4.78 is 0. The standard InChI is InChI=1S/C7H13NO2/c1-7(2,6(9)10)8-4-3-5-8/h3-5H2,1-2H3,(H,9,10). The number of hydrogen-bond donors (Lipinski definition) is 1. The number of rotatable bonds is 2. The van der Waals surface area contributed by atoms with Crippen molar-refractivity contribution >= 4 is 5.97 Å². The van der Waals surface area contributed by atoms with Gasteiger partial charge in [-0.3, -0.25) is 9.69 Å². The molecular formula is C7H13NO2. The number of hydrogen-bond acceptors (Lipinski definition) is 2. The van der Waals surface area contributed by atoms with Crippen LogP contribution in [0, 0.1) is 0 Å². The van der Waals surface area contributed by atoms with Gasteiger partial charge in [-0.1, -0.05) is 0 Å². The van der Waals surface area contributed by atoms with Gasteiger partial charge in [-0.05, 0) is 20.3 Å². The predicted molar refractivity (Wildman–Crippen MR) is 37.9 cm³/mol. The second kappa shape index (κ2) is 2.23. The first kappa shape index (κ1) is 7.54. The summed E-state index contributed by atoms with van der Waals surface area (Å²) in [6.45, 7) is 5.35. The van der Waals surface area contributed by atoms with Crippen molar-refractivity contribution in [3.8, 4) is 0 Å². The number of nitrogens with zero attached hydrogens (tertiary/aromatic N) is 1. The molecule has 0 spiro atoms. The second-order valence-corrected chi connectivity index (χ2v) is 3.20. The van der Waals surface area contributed by atoms with Gasteiger partial charge in [-0.2, -0.15) is 0 Å². The van der Waals surface area contributed by atoms with Crippen LogP contribution in [0.5, 0.6) is 0 Å². The number of aliphatic carboxylic acids is 1. The monoisotopic (exact) mass is 143 g/mol. The molecule has 0 aliphatic carbocycles. The van der Waals surface area contributed by atoms with Crippen molar-refractivity contribution in [2.45, 2.75) is 25.8 Å². The number of carbonyl (C=O) groups is 1. The van der Waals surface area contributed by atoms with Gasteiger partial charge in [0.15, 0.2) is 0 Å². The van der Waals surface area contributed by atoms with Crippen LogP contribution in [-0.2, 0) is 4.79 Å². The molecule has 1 aliphatic rings. The summed E-state index contributed by atoms with van der Waals surface area (Å²) in [4.78, 5) is 12.6. The molecule has 1 heterocycles. The van der Waals surface area contributed by atoms with Crippen molar-refractivity contribution in [2.75, 3.05) is 13.1 Å². The van der Waals surface area contributed by atoms with Crippen LogP contribution in [0.3, 0.4) is 0 Å². The normalized spacial score (nSPS) is 20.2. The molecule has 1 aliphatic heterocycles. The summed E-state index contributed by atoms with van der Waals surface area (Å²) >= 11 is 0. The Labute approximate surface area is 60.6 Å². The number of likely N-dealkylation sites (tertiary alicyclic amines) is 1. The lowest BCUT2D eigenvalue weighted by atomic mass is 9.99. The van der Waals surface area contributed by atoms with E-state index in [2.05, 4.69) is 0 Å². The van der Waals surface area contributed by atoms with Crippen molar-refractivity contribution in [1.82, 2.24) is 4.90 Å². The molecule has 0 aromatic heterocycles. The maximum Gasteiger partial charge on any atom is 0.323 e. The highest BCUT2D eigenvalue weighted by Gasteiger charge is 2.37. The molecule has 1 N–H and O–H groups in total. The summed E-state index contributed by atoms with van der Waals surface area (Å²) in [5, 5.41) is 8.74. The Kier molecular flexibility index (Phi) is 1.68. The average Bonchev–Trinajstić information content (AvgIpc) is 1.57. The molecule has 0 atom stereocenters. The number of carboxylic acid groups (broad SMARTS) is 1. The smallest absolute Gasteiger partial charge is 0.323 e. The molecule has 0 amide bonds. The second-order valence-electron chi connectivity index (χ2n) is 3.20. The van der Waals surface area contributed by atoms with E-state index in [0.29, 0.717) is 0 Å². The molecule has 1 saturated heterocycles. The van der Waals surface area contributed by atoms with Crippen LogP contribution < -0.4 is 0 Å². The number of carboxylic acids is 1. The maximum atomic E-state index is 10.6. The van der Waals surface area contributed by atoms with Gasteiger partial charge >= 0.3 is 5.97 Å². The maximum absolute atomic E-state index is 10.6. The van der Waals surface area contributed by atoms with Gasteiger partial charge in [-0.25, -0.2) is 0 Å². The van der Waals surface area contributed by atoms with Crippen molar-refractivity contribution in [1.29, 1.82) is 0 Å². The van der Waals surface area contributed by atoms with Crippen LogP contribution in [0.2, 0.25) is 0 Å². The first-order valence-corrected chi connectivity index (χ1v) is 3.53. The SMILES string of the molecule is CC(C)(C(=O)O)N1CCC1. The first-order valence-electron chi connectivity index (χ1n) is 3.53. The molecule has 0 saturated carbocycles. The van der Waals surface area contributed by atoms with Gasteiger partial charge < -0.3 is 5.11 Å². The molecule has 58 valence electrons. The van der Waals surface area contributed by atoms with E-state index in [4.69, 9.17) is 5.11 Å². The lowest BCUT2D eigenvalue weighted by Crippen LogP contribution is -2.56. The van der Waals surface area contributed by atoms with Gasteiger partial charge in [-0.15, -0.1) is 0 Å². The summed E-state index contributed by atoms with van der Waals surface area (Å²) in [5.74, 6) is -0.729. The van der Waals surface area contributed by atoms with Crippen LogP contribution in [0.15, 0.2) is 0 Å². The fourth-order valence-corrected chi connectivity index (χ4v) is 1.01. The molecule has 3 nitrogen and oxygen atoms in total. The van der Waals surface area contributed by atoms with E-state index in [9.17, 15) is 4.79 Å². The summed E-state index contributed by atoms with van der Waals surface area (Å²) in [5.41, 5.74) is -0.655. The summed E-state index contributed by atoms with van der Waals surface area (Å²) in [6.07, 6.45) is 1.14. The molecule has 0 bridgehead atoms. The zero-order valence-corrected chi connectivity index (χ0v) is 6.42. The molecule has 0 radical (unpaired) electrons. The van der Waals surface area contributed by atoms with Crippen LogP contribution >= 0.6 is 0 Å². The Balaban J connectivity index is 2.57. The van der Waals surface area contributed by atoms with Crippen molar-refractivity contribution in [3.05, 3.63) is 0 Å². The van der Waals surface area contributed by atoms with Gasteiger partial charge in [0, 0.05) is 13.1 Å². The average molecular weight is 143 g/mol. The van der Waals surface area contributed by atoms with Crippen molar-refractivity contribution in [2.24, 2.45) is 0 Å². The van der Waals surface area contributed by atoms with Crippen LogP contribution in [-0.4, -0.2) is 34.6 Å². The van der Waals surface area contributed by atoms with E-state index in [1.807, 2.05) is 4.90 Å². The highest BCUT2D eigenvalue weighted by atomic mass is 16.4. The van der Waals surface area contributed by atoms with Crippen molar-refractivity contribution < 1.29 is 9.90 Å². The molecule has 1 fully saturated rings. The lowest BCUT2D eigenvalue weighted by Gasteiger charge is -2.41. The minimum absolute atomic E-state index is 0.655. The topological polar surface area (TPSA) is 40.5 Å². The first-order chi connectivity index (χ1) is 4.55. The van der Waals surface area contributed by atoms with Crippen molar-refractivity contribution in [3.63, 3.8) is 0 Å². The molecule has 0 aromatic rings. The quantitative estimate of drug-likeness (QED) is 0.614. The summed E-state index contributed by atoms with van der Waals surface area (Å²) in [7, 11) is 0. The minimum Gasteiger partial charge on any atom is -0.480 e. The zero-order chi connectivity index (χ0) is 7.78. The highest BCUT2D eigenvalue weighted by Crippen LogP contribution is 2.20. The van der Waals surface area contributed by atoms with Crippen LogP contribution in [0.4, 0.5) is 0 Å². The molecule has 10 heavy (non-hydrogen) atoms. The summed E-state index contributed by atoms with van der Waals surface area (Å²) in [6, 6.07) is 0. The Morgan fingerprint density at radius 1 is 1.50 bits per heavy atom. The fraction of sp³-hybridized carbons (Fsp3) is 0.857. The van der Waals surface area contributed by atoms with Gasteiger partial charge in [0.25, 0.3) is 0 Å². The Morgan fingerprint density at radius 2 is 2.00 bits per heavy atom. The molecule has 1 rings (SSSR count). The zero-order valence-electron chi connectivity index (χ0n) is 6.42. The molecular weight excluding hydrogens is 130 g/mol. The van der Waals surface area contributed by atoms with Crippen LogP contribution in [0.25, 0.3) is 0 Å². The third-order valence-corrected chi connectivity index (χ3v) is 2.17. The van der Waals surface area contributed by atoms with E-state index in [1.165, 1.54) is 0 Å². The third-order valence-electron chi connectivity index (χ3n) is 2.17.